The summed E-state index contributed by atoms with van der Waals surface area (Å²) in [5, 5.41) is 12.1. The molecular formula is C19H23N5O2S2. The fraction of sp³-hybridized carbons (Fsp3) is 0.316. The molecule has 3 aromatic rings. The zero-order valence-corrected chi connectivity index (χ0v) is 17.6. The number of thiophene rings is 1. The number of aromatic nitrogens is 3. The maximum absolute atomic E-state index is 12.6. The van der Waals surface area contributed by atoms with Crippen LogP contribution in [0.3, 0.4) is 0 Å². The Morgan fingerprint density at radius 1 is 1.36 bits per heavy atom. The molecule has 2 heterocycles. The first-order chi connectivity index (χ1) is 13.5. The molecule has 28 heavy (non-hydrogen) atoms. The third kappa shape index (κ3) is 4.67. The molecule has 0 radical (unpaired) electrons. The molecule has 2 aromatic heterocycles. The number of hydrogen-bond acceptors (Lipinski definition) is 6. The van der Waals surface area contributed by atoms with Gasteiger partial charge in [-0.15, -0.1) is 11.3 Å². The van der Waals surface area contributed by atoms with Gasteiger partial charge in [0, 0.05) is 17.0 Å². The first-order valence-corrected chi connectivity index (χ1v) is 10.0. The van der Waals surface area contributed by atoms with Crippen LogP contribution in [0.5, 0.6) is 5.75 Å². The Bertz CT molecular complexity index is 961. The van der Waals surface area contributed by atoms with Gasteiger partial charge < -0.3 is 15.0 Å². The Kier molecular flexibility index (Phi) is 6.61. The van der Waals surface area contributed by atoms with Crippen LogP contribution in [0.1, 0.15) is 10.9 Å². The third-order valence-corrected chi connectivity index (χ3v) is 5.68. The Labute approximate surface area is 173 Å². The minimum absolute atomic E-state index is 0.0985. The standard InChI is InChI=1S/C19H23N5O2S2/c1-23(2)15(16-5-4-10-28-16)11-20-17(25)12-24-18(21-22-19(24)27)13-6-8-14(26-3)9-7-13/h4-10,15H,11-12H2,1-3H3,(H,20,25)(H,22,27). The number of likely N-dealkylation sites (N-methyl/N-ethyl adjacent to an activating group) is 1. The molecule has 0 fully saturated rings. The molecule has 3 rings (SSSR count). The molecule has 0 bridgehead atoms. The molecule has 0 aliphatic carbocycles. The summed E-state index contributed by atoms with van der Waals surface area (Å²) < 4.78 is 7.29. The highest BCUT2D eigenvalue weighted by molar-refractivity contribution is 7.71. The lowest BCUT2D eigenvalue weighted by molar-refractivity contribution is -0.121. The molecule has 0 saturated heterocycles. The van der Waals surface area contributed by atoms with E-state index in [0.29, 0.717) is 17.1 Å². The molecule has 0 aliphatic rings. The second-order valence-corrected chi connectivity index (χ2v) is 7.83. The minimum atomic E-state index is -0.115. The smallest absolute Gasteiger partial charge is 0.240 e. The van der Waals surface area contributed by atoms with Gasteiger partial charge in [-0.05, 0) is 62.0 Å². The number of aromatic amines is 1. The largest absolute Gasteiger partial charge is 0.497 e. The molecule has 1 amide bonds. The number of benzene rings is 1. The van der Waals surface area contributed by atoms with Crippen LogP contribution in [0.25, 0.3) is 11.4 Å². The van der Waals surface area contributed by atoms with E-state index in [-0.39, 0.29) is 18.5 Å². The molecule has 1 unspecified atom stereocenters. The topological polar surface area (TPSA) is 75.2 Å². The van der Waals surface area contributed by atoms with Gasteiger partial charge in [0.1, 0.15) is 12.3 Å². The summed E-state index contributed by atoms with van der Waals surface area (Å²) in [7, 11) is 5.63. The molecule has 0 saturated carbocycles. The van der Waals surface area contributed by atoms with E-state index >= 15 is 0 Å². The van der Waals surface area contributed by atoms with Crippen molar-refractivity contribution < 1.29 is 9.53 Å². The second-order valence-electron chi connectivity index (χ2n) is 6.47. The quantitative estimate of drug-likeness (QED) is 0.551. The van der Waals surface area contributed by atoms with Crippen molar-refractivity contribution in [3.05, 3.63) is 51.4 Å². The van der Waals surface area contributed by atoms with E-state index < -0.39 is 0 Å². The monoisotopic (exact) mass is 417 g/mol. The molecule has 1 aromatic carbocycles. The number of nitrogens with zero attached hydrogens (tertiary/aromatic N) is 3. The van der Waals surface area contributed by atoms with E-state index in [1.54, 1.807) is 23.0 Å². The number of ether oxygens (including phenoxy) is 1. The Morgan fingerprint density at radius 2 is 2.11 bits per heavy atom. The van der Waals surface area contributed by atoms with E-state index in [0.717, 1.165) is 11.3 Å². The maximum Gasteiger partial charge on any atom is 0.240 e. The molecule has 1 atom stereocenters. The van der Waals surface area contributed by atoms with Gasteiger partial charge in [0.25, 0.3) is 0 Å². The van der Waals surface area contributed by atoms with Crippen LogP contribution in [0.4, 0.5) is 0 Å². The number of hydrogen-bond donors (Lipinski definition) is 2. The van der Waals surface area contributed by atoms with Crippen LogP contribution in [-0.4, -0.2) is 53.3 Å². The van der Waals surface area contributed by atoms with Gasteiger partial charge in [-0.25, -0.2) is 0 Å². The zero-order valence-electron chi connectivity index (χ0n) is 16.0. The molecule has 7 nitrogen and oxygen atoms in total. The van der Waals surface area contributed by atoms with Crippen LogP contribution >= 0.6 is 23.6 Å². The molecular weight excluding hydrogens is 394 g/mol. The van der Waals surface area contributed by atoms with Gasteiger partial charge in [-0.2, -0.15) is 5.10 Å². The predicted molar refractivity (Wildman–Crippen MR) is 113 cm³/mol. The third-order valence-electron chi connectivity index (χ3n) is 4.40. The average Bonchev–Trinajstić information content (AvgIpc) is 3.33. The summed E-state index contributed by atoms with van der Waals surface area (Å²) in [4.78, 5) is 15.9. The number of carbonyl (C=O) groups excluding carboxylic acids is 1. The van der Waals surface area contributed by atoms with Gasteiger partial charge in [-0.1, -0.05) is 6.07 Å². The number of methoxy groups -OCH3 is 1. The van der Waals surface area contributed by atoms with E-state index in [2.05, 4.69) is 26.5 Å². The van der Waals surface area contributed by atoms with Gasteiger partial charge >= 0.3 is 0 Å². The number of carbonyl (C=O) groups is 1. The minimum Gasteiger partial charge on any atom is -0.497 e. The van der Waals surface area contributed by atoms with Crippen molar-refractivity contribution in [2.75, 3.05) is 27.7 Å². The van der Waals surface area contributed by atoms with Crippen molar-refractivity contribution in [2.24, 2.45) is 0 Å². The highest BCUT2D eigenvalue weighted by Gasteiger charge is 2.17. The lowest BCUT2D eigenvalue weighted by atomic mass is 10.2. The summed E-state index contributed by atoms with van der Waals surface area (Å²) >= 11 is 7.00. The first-order valence-electron chi connectivity index (χ1n) is 8.75. The van der Waals surface area contributed by atoms with Crippen molar-refractivity contribution in [3.63, 3.8) is 0 Å². The van der Waals surface area contributed by atoms with Gasteiger partial charge in [0.15, 0.2) is 10.6 Å². The van der Waals surface area contributed by atoms with Gasteiger partial charge in [-0.3, -0.25) is 14.5 Å². The summed E-state index contributed by atoms with van der Waals surface area (Å²) in [6.07, 6.45) is 0. The van der Waals surface area contributed by atoms with Crippen LogP contribution in [0.2, 0.25) is 0 Å². The summed E-state index contributed by atoms with van der Waals surface area (Å²) in [6.45, 7) is 0.622. The van der Waals surface area contributed by atoms with Crippen molar-refractivity contribution >= 4 is 29.5 Å². The number of rotatable bonds is 8. The molecule has 0 spiro atoms. The van der Waals surface area contributed by atoms with E-state index in [1.807, 2.05) is 49.8 Å². The fourth-order valence-corrected chi connectivity index (χ4v) is 3.97. The predicted octanol–water partition coefficient (Wildman–Crippen LogP) is 3.10. The highest BCUT2D eigenvalue weighted by atomic mass is 32.1. The Morgan fingerprint density at radius 3 is 2.71 bits per heavy atom. The summed E-state index contributed by atoms with van der Waals surface area (Å²) in [5.74, 6) is 1.26. The zero-order chi connectivity index (χ0) is 20.1. The number of nitrogens with one attached hydrogen (secondary N) is 2. The average molecular weight is 418 g/mol. The van der Waals surface area contributed by atoms with E-state index in [4.69, 9.17) is 17.0 Å². The van der Waals surface area contributed by atoms with Crippen molar-refractivity contribution in [1.29, 1.82) is 0 Å². The van der Waals surface area contributed by atoms with Gasteiger partial charge in [0.05, 0.1) is 13.2 Å². The highest BCUT2D eigenvalue weighted by Crippen LogP contribution is 2.23. The number of amides is 1. The van der Waals surface area contributed by atoms with Crippen molar-refractivity contribution in [2.45, 2.75) is 12.6 Å². The van der Waals surface area contributed by atoms with Gasteiger partial charge in [0.2, 0.25) is 5.91 Å². The summed E-state index contributed by atoms with van der Waals surface area (Å²) in [5.41, 5.74) is 0.853. The van der Waals surface area contributed by atoms with Crippen molar-refractivity contribution in [3.8, 4) is 17.1 Å². The molecule has 148 valence electrons. The van der Waals surface area contributed by atoms with Crippen LogP contribution in [0, 0.1) is 4.77 Å². The Balaban J connectivity index is 1.70. The van der Waals surface area contributed by atoms with Crippen LogP contribution in [-0.2, 0) is 11.3 Å². The lowest BCUT2D eigenvalue weighted by Gasteiger charge is -2.23. The van der Waals surface area contributed by atoms with Crippen LogP contribution in [0.15, 0.2) is 41.8 Å². The Hall–Kier alpha value is -2.49. The maximum atomic E-state index is 12.6. The van der Waals surface area contributed by atoms with E-state index in [1.165, 1.54) is 4.88 Å². The second kappa shape index (κ2) is 9.13. The molecule has 0 aliphatic heterocycles. The first kappa shape index (κ1) is 20.2. The number of H-pyrrole nitrogens is 1. The van der Waals surface area contributed by atoms with Crippen molar-refractivity contribution in [1.82, 2.24) is 25.0 Å². The SMILES string of the molecule is COc1ccc(-c2n[nH]c(=S)n2CC(=O)NCC(c2cccs2)N(C)C)cc1. The fourth-order valence-electron chi connectivity index (χ4n) is 2.85. The normalized spacial score (nSPS) is 12.1. The molecule has 2 N–H and O–H groups in total. The lowest BCUT2D eigenvalue weighted by Crippen LogP contribution is -2.36. The van der Waals surface area contributed by atoms with Crippen LogP contribution < -0.4 is 10.1 Å². The molecule has 9 heteroatoms. The van der Waals surface area contributed by atoms with E-state index in [9.17, 15) is 4.79 Å². The summed E-state index contributed by atoms with van der Waals surface area (Å²) in [6, 6.07) is 11.7.